The summed E-state index contributed by atoms with van der Waals surface area (Å²) in [6, 6.07) is 0.262. The zero-order valence-corrected chi connectivity index (χ0v) is 9.62. The highest BCUT2D eigenvalue weighted by Crippen LogP contribution is 2.43. The lowest BCUT2D eigenvalue weighted by molar-refractivity contribution is 0.118. The number of hydrogen-bond donors (Lipinski definition) is 1. The standard InChI is InChI=1S/C14H23N/c1-2-5-14(15)13-9-8-11-6-3-4-7-12(11)10-13/h1,11-14H,3-10,15H2. The van der Waals surface area contributed by atoms with Gasteiger partial charge in [-0.2, -0.15) is 0 Å². The monoisotopic (exact) mass is 205 g/mol. The Kier molecular flexibility index (Phi) is 3.70. The van der Waals surface area contributed by atoms with E-state index in [1.807, 2.05) is 0 Å². The molecule has 1 heteroatoms. The summed E-state index contributed by atoms with van der Waals surface area (Å²) in [6.45, 7) is 0. The van der Waals surface area contributed by atoms with Gasteiger partial charge in [0.05, 0.1) is 0 Å². The molecule has 0 aromatic heterocycles. The summed E-state index contributed by atoms with van der Waals surface area (Å²) in [7, 11) is 0. The molecule has 84 valence electrons. The van der Waals surface area contributed by atoms with Crippen LogP contribution in [0.4, 0.5) is 0 Å². The Hall–Kier alpha value is -0.480. The molecule has 0 aromatic carbocycles. The second kappa shape index (κ2) is 5.03. The Labute approximate surface area is 93.8 Å². The predicted molar refractivity (Wildman–Crippen MR) is 64.2 cm³/mol. The number of fused-ring (bicyclic) bond motifs is 1. The first-order valence-corrected chi connectivity index (χ1v) is 6.50. The Morgan fingerprint density at radius 2 is 1.87 bits per heavy atom. The number of nitrogens with two attached hydrogens (primary N) is 1. The van der Waals surface area contributed by atoms with Crippen LogP contribution in [0, 0.1) is 30.1 Å². The molecule has 1 nitrogen and oxygen atoms in total. The molecule has 4 atom stereocenters. The fourth-order valence-corrected chi connectivity index (χ4v) is 3.60. The number of hydrogen-bond acceptors (Lipinski definition) is 1. The van der Waals surface area contributed by atoms with E-state index in [0.29, 0.717) is 5.92 Å². The van der Waals surface area contributed by atoms with Crippen LogP contribution in [0.5, 0.6) is 0 Å². The minimum Gasteiger partial charge on any atom is -0.327 e. The molecular weight excluding hydrogens is 182 g/mol. The van der Waals surface area contributed by atoms with Crippen LogP contribution in [0.2, 0.25) is 0 Å². The molecule has 2 saturated carbocycles. The Balaban J connectivity index is 1.88. The first-order valence-electron chi connectivity index (χ1n) is 6.50. The first-order chi connectivity index (χ1) is 7.31. The molecule has 0 bridgehead atoms. The van der Waals surface area contributed by atoms with Gasteiger partial charge >= 0.3 is 0 Å². The van der Waals surface area contributed by atoms with Crippen molar-refractivity contribution in [2.45, 2.75) is 57.4 Å². The summed E-state index contributed by atoms with van der Waals surface area (Å²) in [6.07, 6.45) is 16.0. The van der Waals surface area contributed by atoms with E-state index >= 15 is 0 Å². The van der Waals surface area contributed by atoms with Crippen molar-refractivity contribution in [3.63, 3.8) is 0 Å². The lowest BCUT2D eigenvalue weighted by atomic mass is 9.66. The molecule has 0 heterocycles. The van der Waals surface area contributed by atoms with Gasteiger partial charge in [-0.25, -0.2) is 0 Å². The van der Waals surface area contributed by atoms with Gasteiger partial charge in [0.2, 0.25) is 0 Å². The normalized spacial score (nSPS) is 37.7. The highest BCUT2D eigenvalue weighted by Gasteiger charge is 2.33. The summed E-state index contributed by atoms with van der Waals surface area (Å²) in [5, 5.41) is 0. The van der Waals surface area contributed by atoms with Crippen LogP contribution in [-0.4, -0.2) is 6.04 Å². The minimum absolute atomic E-state index is 0.262. The van der Waals surface area contributed by atoms with Crippen molar-refractivity contribution in [3.05, 3.63) is 0 Å². The van der Waals surface area contributed by atoms with E-state index in [-0.39, 0.29) is 6.04 Å². The van der Waals surface area contributed by atoms with E-state index in [0.717, 1.165) is 18.3 Å². The third-order valence-electron chi connectivity index (χ3n) is 4.54. The van der Waals surface area contributed by atoms with Gasteiger partial charge in [0.15, 0.2) is 0 Å². The second-order valence-electron chi connectivity index (χ2n) is 5.45. The molecule has 0 saturated heterocycles. The van der Waals surface area contributed by atoms with Gasteiger partial charge in [-0.15, -0.1) is 12.3 Å². The average Bonchev–Trinajstić information content (AvgIpc) is 2.29. The van der Waals surface area contributed by atoms with Crippen LogP contribution in [0.1, 0.15) is 51.4 Å². The van der Waals surface area contributed by atoms with Gasteiger partial charge in [-0.1, -0.05) is 25.7 Å². The summed E-state index contributed by atoms with van der Waals surface area (Å²) >= 11 is 0. The van der Waals surface area contributed by atoms with Crippen LogP contribution >= 0.6 is 0 Å². The molecule has 2 N–H and O–H groups in total. The predicted octanol–water partition coefficient (Wildman–Crippen LogP) is 2.94. The van der Waals surface area contributed by atoms with Crippen molar-refractivity contribution in [1.29, 1.82) is 0 Å². The molecule has 0 aliphatic heterocycles. The lowest BCUT2D eigenvalue weighted by Gasteiger charge is -2.40. The van der Waals surface area contributed by atoms with Crippen molar-refractivity contribution in [2.24, 2.45) is 23.5 Å². The second-order valence-corrected chi connectivity index (χ2v) is 5.45. The molecule has 2 rings (SSSR count). The van der Waals surface area contributed by atoms with Crippen molar-refractivity contribution in [3.8, 4) is 12.3 Å². The molecule has 0 radical (unpaired) electrons. The van der Waals surface area contributed by atoms with E-state index in [1.54, 1.807) is 0 Å². The van der Waals surface area contributed by atoms with Crippen LogP contribution < -0.4 is 5.73 Å². The zero-order valence-electron chi connectivity index (χ0n) is 9.62. The van der Waals surface area contributed by atoms with Gasteiger partial charge in [0.25, 0.3) is 0 Å². The maximum absolute atomic E-state index is 6.14. The molecule has 0 spiro atoms. The highest BCUT2D eigenvalue weighted by molar-refractivity contribution is 4.94. The average molecular weight is 205 g/mol. The summed E-state index contributed by atoms with van der Waals surface area (Å²) in [5.74, 6) is 5.42. The lowest BCUT2D eigenvalue weighted by Crippen LogP contribution is -2.37. The van der Waals surface area contributed by atoms with Gasteiger partial charge < -0.3 is 5.73 Å². The number of terminal acetylenes is 1. The molecule has 2 aliphatic carbocycles. The number of rotatable bonds is 2. The molecule has 2 fully saturated rings. The van der Waals surface area contributed by atoms with E-state index in [1.165, 1.54) is 44.9 Å². The summed E-state index contributed by atoms with van der Waals surface area (Å²) < 4.78 is 0. The Morgan fingerprint density at radius 3 is 2.60 bits per heavy atom. The smallest absolute Gasteiger partial charge is 0.0241 e. The van der Waals surface area contributed by atoms with Crippen LogP contribution in [0.25, 0.3) is 0 Å². The maximum atomic E-state index is 6.14. The van der Waals surface area contributed by atoms with Gasteiger partial charge in [0, 0.05) is 12.5 Å². The van der Waals surface area contributed by atoms with Crippen molar-refractivity contribution >= 4 is 0 Å². The van der Waals surface area contributed by atoms with Crippen molar-refractivity contribution in [2.75, 3.05) is 0 Å². The highest BCUT2D eigenvalue weighted by atomic mass is 14.7. The molecule has 0 aromatic rings. The largest absolute Gasteiger partial charge is 0.327 e. The van der Waals surface area contributed by atoms with E-state index in [9.17, 15) is 0 Å². The van der Waals surface area contributed by atoms with Crippen LogP contribution in [0.15, 0.2) is 0 Å². The molecular formula is C14H23N. The summed E-state index contributed by atoms with van der Waals surface area (Å²) in [4.78, 5) is 0. The van der Waals surface area contributed by atoms with Crippen LogP contribution in [0.3, 0.4) is 0 Å². The van der Waals surface area contributed by atoms with E-state index < -0.39 is 0 Å². The molecule has 4 unspecified atom stereocenters. The van der Waals surface area contributed by atoms with Crippen molar-refractivity contribution in [1.82, 2.24) is 0 Å². The van der Waals surface area contributed by atoms with Gasteiger partial charge in [-0.3, -0.25) is 0 Å². The third-order valence-corrected chi connectivity index (χ3v) is 4.54. The minimum atomic E-state index is 0.262. The van der Waals surface area contributed by atoms with Gasteiger partial charge in [-0.05, 0) is 37.0 Å². The molecule has 2 aliphatic rings. The Bertz CT molecular complexity index is 240. The fraction of sp³-hybridized carbons (Fsp3) is 0.857. The van der Waals surface area contributed by atoms with E-state index in [2.05, 4.69) is 5.92 Å². The van der Waals surface area contributed by atoms with Crippen LogP contribution in [-0.2, 0) is 0 Å². The SMILES string of the molecule is C#CCC(N)C1CCC2CCCCC2C1. The summed E-state index contributed by atoms with van der Waals surface area (Å²) in [5.41, 5.74) is 6.14. The van der Waals surface area contributed by atoms with Crippen molar-refractivity contribution < 1.29 is 0 Å². The molecule has 0 amide bonds. The van der Waals surface area contributed by atoms with E-state index in [4.69, 9.17) is 12.2 Å². The Morgan fingerprint density at radius 1 is 1.13 bits per heavy atom. The third kappa shape index (κ3) is 2.55. The first kappa shape index (κ1) is 11.0. The quantitative estimate of drug-likeness (QED) is 0.689. The zero-order chi connectivity index (χ0) is 10.7. The maximum Gasteiger partial charge on any atom is 0.0241 e. The fourth-order valence-electron chi connectivity index (χ4n) is 3.60. The van der Waals surface area contributed by atoms with Gasteiger partial charge in [0.1, 0.15) is 0 Å². The molecule has 15 heavy (non-hydrogen) atoms. The topological polar surface area (TPSA) is 26.0 Å².